The zero-order valence-corrected chi connectivity index (χ0v) is 9.75. The quantitative estimate of drug-likeness (QED) is 0.640. The standard InChI is InChI=1S/C11H18N2O3/c1-11(2,7-12)8-13-9(14)5-3-4-6-10(15)16/h3-6,8H2,1-2H3,(H,13,14)(H,15,16). The summed E-state index contributed by atoms with van der Waals surface area (Å²) in [5, 5.41) is 19.8. The first-order valence-corrected chi connectivity index (χ1v) is 5.27. The van der Waals surface area contributed by atoms with E-state index < -0.39 is 11.4 Å². The van der Waals surface area contributed by atoms with E-state index in [1.807, 2.05) is 0 Å². The molecule has 0 aromatic rings. The Balaban J connectivity index is 3.61. The van der Waals surface area contributed by atoms with Crippen LogP contribution in [0.15, 0.2) is 0 Å². The van der Waals surface area contributed by atoms with E-state index in [4.69, 9.17) is 10.4 Å². The van der Waals surface area contributed by atoms with Crippen LogP contribution in [0.2, 0.25) is 0 Å². The van der Waals surface area contributed by atoms with E-state index in [1.54, 1.807) is 13.8 Å². The number of hydrogen-bond acceptors (Lipinski definition) is 3. The molecule has 0 saturated carbocycles. The number of nitriles is 1. The van der Waals surface area contributed by atoms with E-state index in [0.29, 0.717) is 25.8 Å². The molecule has 0 aromatic carbocycles. The van der Waals surface area contributed by atoms with Gasteiger partial charge in [-0.2, -0.15) is 5.26 Å². The summed E-state index contributed by atoms with van der Waals surface area (Å²) in [6, 6.07) is 2.09. The minimum atomic E-state index is -0.842. The Morgan fingerprint density at radius 3 is 2.38 bits per heavy atom. The first-order chi connectivity index (χ1) is 7.37. The van der Waals surface area contributed by atoms with Crippen molar-refractivity contribution in [3.05, 3.63) is 0 Å². The average molecular weight is 226 g/mol. The normalized spacial score (nSPS) is 10.6. The van der Waals surface area contributed by atoms with E-state index in [-0.39, 0.29) is 12.3 Å². The number of carbonyl (C=O) groups is 2. The number of unbranched alkanes of at least 4 members (excludes halogenated alkanes) is 1. The van der Waals surface area contributed by atoms with Gasteiger partial charge in [0, 0.05) is 19.4 Å². The summed E-state index contributed by atoms with van der Waals surface area (Å²) >= 11 is 0. The highest BCUT2D eigenvalue weighted by atomic mass is 16.4. The van der Waals surface area contributed by atoms with Crippen LogP contribution in [0.1, 0.15) is 39.5 Å². The van der Waals surface area contributed by atoms with Gasteiger partial charge < -0.3 is 10.4 Å². The number of carboxylic acids is 1. The van der Waals surface area contributed by atoms with Gasteiger partial charge in [-0.25, -0.2) is 0 Å². The SMILES string of the molecule is CC(C)(C#N)CNC(=O)CCCCC(=O)O. The number of carbonyl (C=O) groups excluding carboxylic acids is 1. The van der Waals surface area contributed by atoms with E-state index in [0.717, 1.165) is 0 Å². The Hall–Kier alpha value is -1.57. The van der Waals surface area contributed by atoms with Crippen molar-refractivity contribution in [3.63, 3.8) is 0 Å². The molecule has 0 radical (unpaired) electrons. The van der Waals surface area contributed by atoms with Gasteiger partial charge in [-0.3, -0.25) is 9.59 Å². The monoisotopic (exact) mass is 226 g/mol. The first kappa shape index (κ1) is 14.4. The Morgan fingerprint density at radius 2 is 1.88 bits per heavy atom. The van der Waals surface area contributed by atoms with Gasteiger partial charge in [-0.05, 0) is 26.7 Å². The third-order valence-corrected chi connectivity index (χ3v) is 2.07. The lowest BCUT2D eigenvalue weighted by Gasteiger charge is -2.15. The molecular weight excluding hydrogens is 208 g/mol. The summed E-state index contributed by atoms with van der Waals surface area (Å²) in [6.45, 7) is 3.82. The van der Waals surface area contributed by atoms with E-state index in [1.165, 1.54) is 0 Å². The largest absolute Gasteiger partial charge is 0.481 e. The van der Waals surface area contributed by atoms with Crippen LogP contribution >= 0.6 is 0 Å². The number of aliphatic carboxylic acids is 1. The van der Waals surface area contributed by atoms with Crippen molar-refractivity contribution >= 4 is 11.9 Å². The Bertz CT molecular complexity index is 292. The van der Waals surface area contributed by atoms with Crippen LogP contribution in [-0.4, -0.2) is 23.5 Å². The van der Waals surface area contributed by atoms with Crippen LogP contribution in [0.25, 0.3) is 0 Å². The second kappa shape index (κ2) is 6.83. The van der Waals surface area contributed by atoms with Crippen molar-refractivity contribution in [3.8, 4) is 6.07 Å². The maximum Gasteiger partial charge on any atom is 0.303 e. The molecule has 0 aliphatic rings. The van der Waals surface area contributed by atoms with E-state index in [2.05, 4.69) is 11.4 Å². The van der Waals surface area contributed by atoms with Crippen LogP contribution in [0.4, 0.5) is 0 Å². The number of nitrogens with zero attached hydrogens (tertiary/aromatic N) is 1. The van der Waals surface area contributed by atoms with Crippen molar-refractivity contribution < 1.29 is 14.7 Å². The molecule has 90 valence electrons. The molecule has 0 spiro atoms. The van der Waals surface area contributed by atoms with Crippen LogP contribution < -0.4 is 5.32 Å². The van der Waals surface area contributed by atoms with Gasteiger partial charge >= 0.3 is 5.97 Å². The fourth-order valence-corrected chi connectivity index (χ4v) is 1.01. The molecule has 5 heteroatoms. The number of carboxylic acid groups (broad SMARTS) is 1. The van der Waals surface area contributed by atoms with Gasteiger partial charge in [0.1, 0.15) is 0 Å². The van der Waals surface area contributed by atoms with Crippen molar-refractivity contribution in [1.82, 2.24) is 5.32 Å². The molecule has 0 rings (SSSR count). The van der Waals surface area contributed by atoms with Crippen LogP contribution in [0.3, 0.4) is 0 Å². The fourth-order valence-electron chi connectivity index (χ4n) is 1.01. The molecule has 0 aromatic heterocycles. The molecule has 0 unspecified atom stereocenters. The molecule has 0 fully saturated rings. The number of rotatable bonds is 7. The van der Waals surface area contributed by atoms with Crippen molar-refractivity contribution in [2.75, 3.05) is 6.54 Å². The van der Waals surface area contributed by atoms with Gasteiger partial charge in [0.2, 0.25) is 5.91 Å². The zero-order chi connectivity index (χ0) is 12.6. The minimum Gasteiger partial charge on any atom is -0.481 e. The van der Waals surface area contributed by atoms with Crippen LogP contribution in [0, 0.1) is 16.7 Å². The molecule has 0 saturated heterocycles. The summed E-state index contributed by atoms with van der Waals surface area (Å²) in [6.07, 6.45) is 1.47. The van der Waals surface area contributed by atoms with E-state index in [9.17, 15) is 9.59 Å². The Kier molecular flexibility index (Phi) is 6.16. The molecule has 5 nitrogen and oxygen atoms in total. The molecule has 0 aliphatic heterocycles. The van der Waals surface area contributed by atoms with Crippen molar-refractivity contribution in [2.24, 2.45) is 5.41 Å². The summed E-state index contributed by atoms with van der Waals surface area (Å²) in [4.78, 5) is 21.5. The van der Waals surface area contributed by atoms with Gasteiger partial charge in [-0.1, -0.05) is 0 Å². The lowest BCUT2D eigenvalue weighted by atomic mass is 9.96. The third-order valence-electron chi connectivity index (χ3n) is 2.07. The zero-order valence-electron chi connectivity index (χ0n) is 9.75. The smallest absolute Gasteiger partial charge is 0.303 e. The molecular formula is C11H18N2O3. The minimum absolute atomic E-state index is 0.0942. The summed E-state index contributed by atoms with van der Waals surface area (Å²) in [7, 11) is 0. The third kappa shape index (κ3) is 7.80. The van der Waals surface area contributed by atoms with Gasteiger partial charge in [0.25, 0.3) is 0 Å². The van der Waals surface area contributed by atoms with Gasteiger partial charge in [0.15, 0.2) is 0 Å². The molecule has 16 heavy (non-hydrogen) atoms. The summed E-state index contributed by atoms with van der Waals surface area (Å²) < 4.78 is 0. The maximum atomic E-state index is 11.3. The summed E-state index contributed by atoms with van der Waals surface area (Å²) in [5.74, 6) is -0.972. The Morgan fingerprint density at radius 1 is 1.31 bits per heavy atom. The highest BCUT2D eigenvalue weighted by molar-refractivity contribution is 5.76. The van der Waals surface area contributed by atoms with Crippen molar-refractivity contribution in [2.45, 2.75) is 39.5 Å². The Labute approximate surface area is 95.4 Å². The molecule has 0 atom stereocenters. The molecule has 0 aliphatic carbocycles. The molecule has 2 N–H and O–H groups in total. The number of hydrogen-bond donors (Lipinski definition) is 2. The van der Waals surface area contributed by atoms with Crippen LogP contribution in [0.5, 0.6) is 0 Å². The maximum absolute atomic E-state index is 11.3. The molecule has 1 amide bonds. The predicted octanol–water partition coefficient (Wildman–Crippen LogP) is 1.30. The topological polar surface area (TPSA) is 90.2 Å². The predicted molar refractivity (Wildman–Crippen MR) is 58.5 cm³/mol. The van der Waals surface area contributed by atoms with Gasteiger partial charge in [0.05, 0.1) is 11.5 Å². The number of amides is 1. The van der Waals surface area contributed by atoms with Gasteiger partial charge in [-0.15, -0.1) is 0 Å². The highest BCUT2D eigenvalue weighted by Gasteiger charge is 2.17. The highest BCUT2D eigenvalue weighted by Crippen LogP contribution is 2.10. The lowest BCUT2D eigenvalue weighted by molar-refractivity contribution is -0.137. The molecule has 0 heterocycles. The van der Waals surface area contributed by atoms with Crippen molar-refractivity contribution in [1.29, 1.82) is 5.26 Å². The second-order valence-electron chi connectivity index (χ2n) is 4.37. The molecule has 0 bridgehead atoms. The second-order valence-corrected chi connectivity index (χ2v) is 4.37. The van der Waals surface area contributed by atoms with Crippen LogP contribution in [-0.2, 0) is 9.59 Å². The fraction of sp³-hybridized carbons (Fsp3) is 0.727. The first-order valence-electron chi connectivity index (χ1n) is 5.27. The average Bonchev–Trinajstić information content (AvgIpc) is 2.21. The lowest BCUT2D eigenvalue weighted by Crippen LogP contribution is -2.32. The summed E-state index contributed by atoms with van der Waals surface area (Å²) in [5.41, 5.74) is -0.559. The van der Waals surface area contributed by atoms with E-state index >= 15 is 0 Å². The number of nitrogens with one attached hydrogen (secondary N) is 1.